The number of aromatic nitrogens is 1. The summed E-state index contributed by atoms with van der Waals surface area (Å²) in [5.74, 6) is 0.867. The molecule has 1 aliphatic heterocycles. The van der Waals surface area contributed by atoms with Gasteiger partial charge in [0.15, 0.2) is 0 Å². The summed E-state index contributed by atoms with van der Waals surface area (Å²) in [4.78, 5) is 4.39. The van der Waals surface area contributed by atoms with Gasteiger partial charge in [-0.3, -0.25) is 0 Å². The van der Waals surface area contributed by atoms with Gasteiger partial charge in [0.25, 0.3) is 0 Å². The van der Waals surface area contributed by atoms with Crippen molar-refractivity contribution in [1.29, 1.82) is 0 Å². The molecule has 0 radical (unpaired) electrons. The summed E-state index contributed by atoms with van der Waals surface area (Å²) in [5.41, 5.74) is 0. The Bertz CT molecular complexity index is 548. The van der Waals surface area contributed by atoms with Crippen LogP contribution >= 0.6 is 0 Å². The van der Waals surface area contributed by atoms with Crippen LogP contribution in [0.5, 0.6) is 0 Å². The van der Waals surface area contributed by atoms with E-state index < -0.39 is 10.0 Å². The van der Waals surface area contributed by atoms with Gasteiger partial charge in [0.2, 0.25) is 10.0 Å². The summed E-state index contributed by atoms with van der Waals surface area (Å²) in [6, 6.07) is 3.13. The molecule has 0 bridgehead atoms. The highest BCUT2D eigenvalue weighted by Crippen LogP contribution is 2.25. The number of methoxy groups -OCH3 is 1. The van der Waals surface area contributed by atoms with Gasteiger partial charge in [0.05, 0.1) is 11.5 Å². The number of sulfonamides is 1. The van der Waals surface area contributed by atoms with Crippen LogP contribution in [0.2, 0.25) is 0 Å². The molecule has 0 amide bonds. The molecule has 1 fully saturated rings. The third-order valence-electron chi connectivity index (χ3n) is 3.38. The van der Waals surface area contributed by atoms with Crippen LogP contribution < -0.4 is 5.32 Å². The predicted octanol–water partition coefficient (Wildman–Crippen LogP) is 1.17. The lowest BCUT2D eigenvalue weighted by atomic mass is 10.1. The number of anilines is 1. The van der Waals surface area contributed by atoms with E-state index in [0.29, 0.717) is 37.0 Å². The van der Waals surface area contributed by atoms with Crippen molar-refractivity contribution in [1.82, 2.24) is 9.29 Å². The minimum atomic E-state index is -3.43. The molecule has 7 heteroatoms. The highest BCUT2D eigenvalue weighted by Gasteiger charge is 2.32. The van der Waals surface area contributed by atoms with Crippen molar-refractivity contribution >= 4 is 15.8 Å². The van der Waals surface area contributed by atoms with E-state index in [1.54, 1.807) is 19.2 Å². The van der Waals surface area contributed by atoms with E-state index in [0.717, 1.165) is 6.42 Å². The van der Waals surface area contributed by atoms with Gasteiger partial charge >= 0.3 is 0 Å². The first-order valence-electron chi connectivity index (χ1n) is 6.77. The quantitative estimate of drug-likeness (QED) is 0.854. The van der Waals surface area contributed by atoms with Gasteiger partial charge in [-0.1, -0.05) is 0 Å². The monoisotopic (exact) mass is 299 g/mol. The zero-order chi connectivity index (χ0) is 14.6. The molecule has 0 saturated carbocycles. The second-order valence-corrected chi connectivity index (χ2v) is 6.82. The van der Waals surface area contributed by atoms with E-state index in [9.17, 15) is 8.42 Å². The zero-order valence-corrected chi connectivity index (χ0v) is 12.7. The normalized spacial score (nSPS) is 20.2. The molecule has 6 nitrogen and oxygen atoms in total. The van der Waals surface area contributed by atoms with Crippen LogP contribution in [0.25, 0.3) is 0 Å². The van der Waals surface area contributed by atoms with Crippen molar-refractivity contribution < 1.29 is 13.2 Å². The van der Waals surface area contributed by atoms with Crippen LogP contribution in [-0.2, 0) is 14.8 Å². The molecule has 1 saturated heterocycles. The summed E-state index contributed by atoms with van der Waals surface area (Å²) in [7, 11) is -1.79. The van der Waals surface area contributed by atoms with E-state index in [-0.39, 0.29) is 5.92 Å². The molecule has 112 valence electrons. The second-order valence-electron chi connectivity index (χ2n) is 4.88. The van der Waals surface area contributed by atoms with E-state index in [2.05, 4.69) is 10.3 Å². The van der Waals surface area contributed by atoms with Crippen LogP contribution in [0, 0.1) is 5.92 Å². The maximum absolute atomic E-state index is 12.6. The van der Waals surface area contributed by atoms with Gasteiger partial charge in [-0.25, -0.2) is 13.4 Å². The topological polar surface area (TPSA) is 71.5 Å². The molecule has 0 aliphatic carbocycles. The van der Waals surface area contributed by atoms with Crippen molar-refractivity contribution in [2.75, 3.05) is 38.7 Å². The van der Waals surface area contributed by atoms with Gasteiger partial charge in [-0.2, -0.15) is 4.31 Å². The third kappa shape index (κ3) is 3.28. The third-order valence-corrected chi connectivity index (χ3v) is 5.24. The Morgan fingerprint density at radius 3 is 3.05 bits per heavy atom. The van der Waals surface area contributed by atoms with Crippen molar-refractivity contribution in [3.05, 3.63) is 18.3 Å². The molecule has 1 N–H and O–H groups in total. The first-order valence-corrected chi connectivity index (χ1v) is 8.21. The minimum Gasteiger partial charge on any atom is -0.384 e. The molecule has 1 atom stereocenters. The summed E-state index contributed by atoms with van der Waals surface area (Å²) in [6.45, 7) is 4.32. The highest BCUT2D eigenvalue weighted by molar-refractivity contribution is 7.89. The van der Waals surface area contributed by atoms with E-state index >= 15 is 0 Å². The van der Waals surface area contributed by atoms with Crippen molar-refractivity contribution in [3.8, 4) is 0 Å². The van der Waals surface area contributed by atoms with Crippen LogP contribution in [0.15, 0.2) is 23.2 Å². The van der Waals surface area contributed by atoms with Crippen LogP contribution in [0.3, 0.4) is 0 Å². The Morgan fingerprint density at radius 2 is 2.35 bits per heavy atom. The van der Waals surface area contributed by atoms with Crippen molar-refractivity contribution in [3.63, 3.8) is 0 Å². The van der Waals surface area contributed by atoms with E-state index in [1.165, 1.54) is 10.5 Å². The fraction of sp³-hybridized carbons (Fsp3) is 0.615. The molecule has 2 heterocycles. The lowest BCUT2D eigenvalue weighted by molar-refractivity contribution is 0.157. The lowest BCUT2D eigenvalue weighted by Crippen LogP contribution is -2.29. The number of ether oxygens (including phenoxy) is 1. The second kappa shape index (κ2) is 6.51. The Morgan fingerprint density at radius 1 is 1.55 bits per heavy atom. The Labute approximate surface area is 120 Å². The van der Waals surface area contributed by atoms with Crippen LogP contribution in [0.1, 0.15) is 13.3 Å². The molecule has 0 aromatic carbocycles. The highest BCUT2D eigenvalue weighted by atomic mass is 32.2. The molecule has 1 aliphatic rings. The maximum atomic E-state index is 12.6. The molecule has 1 aromatic heterocycles. The average Bonchev–Trinajstić information content (AvgIpc) is 2.89. The zero-order valence-electron chi connectivity index (χ0n) is 11.9. The Balaban J connectivity index is 2.16. The number of rotatable bonds is 6. The minimum absolute atomic E-state index is 0.282. The smallest absolute Gasteiger partial charge is 0.243 e. The predicted molar refractivity (Wildman–Crippen MR) is 77.1 cm³/mol. The molecule has 1 unspecified atom stereocenters. The van der Waals surface area contributed by atoms with Crippen LogP contribution in [-0.4, -0.2) is 51.1 Å². The van der Waals surface area contributed by atoms with Gasteiger partial charge in [-0.15, -0.1) is 0 Å². The summed E-state index contributed by atoms with van der Waals surface area (Å²) in [6.07, 6.45) is 2.37. The molecular formula is C13H21N3O3S. The molecule has 20 heavy (non-hydrogen) atoms. The Kier molecular flexibility index (Phi) is 4.95. The first-order chi connectivity index (χ1) is 9.57. The molecule has 1 aromatic rings. The number of hydrogen-bond acceptors (Lipinski definition) is 5. The van der Waals surface area contributed by atoms with Gasteiger partial charge in [-0.05, 0) is 25.3 Å². The summed E-state index contributed by atoms with van der Waals surface area (Å²) < 4.78 is 31.8. The van der Waals surface area contributed by atoms with Gasteiger partial charge in [0, 0.05) is 39.0 Å². The van der Waals surface area contributed by atoms with Crippen LogP contribution in [0.4, 0.5) is 5.82 Å². The molecule has 0 spiro atoms. The first kappa shape index (κ1) is 15.2. The van der Waals surface area contributed by atoms with E-state index in [4.69, 9.17) is 4.74 Å². The standard InChI is InChI=1S/C13H21N3O3S/c1-3-14-13-8-12(4-6-15-13)20(17,18)16-7-5-11(9-16)10-19-2/h4,6,8,11H,3,5,7,9-10H2,1-2H3,(H,14,15). The summed E-state index contributed by atoms with van der Waals surface area (Å²) >= 11 is 0. The lowest BCUT2D eigenvalue weighted by Gasteiger charge is -2.17. The van der Waals surface area contributed by atoms with Gasteiger partial charge < -0.3 is 10.1 Å². The van der Waals surface area contributed by atoms with Crippen molar-refractivity contribution in [2.45, 2.75) is 18.2 Å². The molecular weight excluding hydrogens is 278 g/mol. The van der Waals surface area contributed by atoms with Gasteiger partial charge in [0.1, 0.15) is 5.82 Å². The maximum Gasteiger partial charge on any atom is 0.243 e. The summed E-state index contributed by atoms with van der Waals surface area (Å²) in [5, 5.41) is 3.03. The fourth-order valence-electron chi connectivity index (χ4n) is 2.39. The number of nitrogens with zero attached hydrogens (tertiary/aromatic N) is 2. The largest absolute Gasteiger partial charge is 0.384 e. The Hall–Kier alpha value is -1.18. The molecule has 2 rings (SSSR count). The average molecular weight is 299 g/mol. The van der Waals surface area contributed by atoms with Crippen molar-refractivity contribution in [2.24, 2.45) is 5.92 Å². The fourth-order valence-corrected chi connectivity index (χ4v) is 3.93. The number of pyridine rings is 1. The number of hydrogen-bond donors (Lipinski definition) is 1. The number of nitrogens with one attached hydrogen (secondary N) is 1. The SMILES string of the molecule is CCNc1cc(S(=O)(=O)N2CCC(COC)C2)ccn1. The van der Waals surface area contributed by atoms with E-state index in [1.807, 2.05) is 6.92 Å².